The molecule has 4 rings (SSSR count). The Balaban J connectivity index is 1.18. The molecule has 2 aromatic rings. The van der Waals surface area contributed by atoms with Crippen LogP contribution >= 0.6 is 0 Å². The Morgan fingerprint density at radius 1 is 1.09 bits per heavy atom. The van der Waals surface area contributed by atoms with Gasteiger partial charge in [-0.15, -0.1) is 0 Å². The van der Waals surface area contributed by atoms with Crippen molar-refractivity contribution in [3.63, 3.8) is 0 Å². The summed E-state index contributed by atoms with van der Waals surface area (Å²) < 4.78 is 36.1. The molecule has 0 aliphatic carbocycles. The van der Waals surface area contributed by atoms with Gasteiger partial charge < -0.3 is 14.4 Å². The number of piperidine rings is 1. The summed E-state index contributed by atoms with van der Waals surface area (Å²) in [5.41, 5.74) is 3.32. The van der Waals surface area contributed by atoms with Crippen molar-refractivity contribution < 1.29 is 17.9 Å². The van der Waals surface area contributed by atoms with E-state index in [9.17, 15) is 8.42 Å². The van der Waals surface area contributed by atoms with E-state index < -0.39 is 10.0 Å². The lowest BCUT2D eigenvalue weighted by Crippen LogP contribution is -2.35. The Bertz CT molecular complexity index is 1010. The number of anilines is 1. The maximum absolute atomic E-state index is 11.8. The van der Waals surface area contributed by atoms with Crippen LogP contribution in [0.4, 0.5) is 5.69 Å². The summed E-state index contributed by atoms with van der Waals surface area (Å²) in [7, 11) is -1.57. The zero-order chi connectivity index (χ0) is 22.6. The van der Waals surface area contributed by atoms with E-state index in [1.807, 2.05) is 24.5 Å². The second-order valence-electron chi connectivity index (χ2n) is 8.63. The summed E-state index contributed by atoms with van der Waals surface area (Å²) in [6.45, 7) is 3.75. The van der Waals surface area contributed by atoms with Crippen molar-refractivity contribution in [1.29, 1.82) is 0 Å². The van der Waals surface area contributed by atoms with Gasteiger partial charge in [-0.3, -0.25) is 0 Å². The van der Waals surface area contributed by atoms with Gasteiger partial charge in [-0.05, 0) is 61.3 Å². The fourth-order valence-corrected chi connectivity index (χ4v) is 5.29. The second kappa shape index (κ2) is 10.0. The molecule has 0 atom stereocenters. The number of sulfonamides is 1. The topological polar surface area (TPSA) is 84.9 Å². The molecule has 1 fully saturated rings. The highest BCUT2D eigenvalue weighted by molar-refractivity contribution is 7.88. The summed E-state index contributed by atoms with van der Waals surface area (Å²) in [5, 5.41) is 0. The number of benzene rings is 1. The van der Waals surface area contributed by atoms with E-state index in [4.69, 9.17) is 9.47 Å². The highest BCUT2D eigenvalue weighted by Gasteiger charge is 2.23. The van der Waals surface area contributed by atoms with Crippen LogP contribution in [0, 0.1) is 5.92 Å². The molecule has 0 bridgehead atoms. The van der Waals surface area contributed by atoms with Crippen molar-refractivity contribution in [1.82, 2.24) is 14.3 Å². The van der Waals surface area contributed by atoms with E-state index in [2.05, 4.69) is 20.9 Å². The monoisotopic (exact) mass is 460 g/mol. The standard InChI is InChI=1S/C23H32N4O4S/c1-30-23-24-15-21(16-25-23)26-10-7-18(8-11-26)4-3-13-31-22-6-5-20-17-27(32(2,28)29)12-9-19(20)14-22/h5-6,14-16,18H,3-4,7-13,17H2,1-2H3. The largest absolute Gasteiger partial charge is 0.494 e. The molecule has 0 N–H and O–H groups in total. The molecule has 1 aromatic carbocycles. The van der Waals surface area contributed by atoms with Crippen LogP contribution < -0.4 is 14.4 Å². The maximum atomic E-state index is 11.8. The molecule has 1 saturated heterocycles. The average molecular weight is 461 g/mol. The lowest BCUT2D eigenvalue weighted by Gasteiger charge is -2.33. The van der Waals surface area contributed by atoms with E-state index in [0.717, 1.165) is 48.8 Å². The van der Waals surface area contributed by atoms with Gasteiger partial charge in [-0.25, -0.2) is 18.4 Å². The molecule has 174 valence electrons. The molecule has 2 aliphatic heterocycles. The van der Waals surface area contributed by atoms with Crippen molar-refractivity contribution in [3.05, 3.63) is 41.7 Å². The van der Waals surface area contributed by atoms with Crippen LogP contribution in [0.3, 0.4) is 0 Å². The Morgan fingerprint density at radius 3 is 2.53 bits per heavy atom. The van der Waals surface area contributed by atoms with Crippen LogP contribution in [0.1, 0.15) is 36.8 Å². The third-order valence-corrected chi connectivity index (χ3v) is 7.68. The lowest BCUT2D eigenvalue weighted by molar-refractivity contribution is 0.278. The number of fused-ring (bicyclic) bond motifs is 1. The van der Waals surface area contributed by atoms with E-state index in [0.29, 0.717) is 25.7 Å². The van der Waals surface area contributed by atoms with Gasteiger partial charge in [0.25, 0.3) is 0 Å². The zero-order valence-electron chi connectivity index (χ0n) is 18.9. The number of methoxy groups -OCH3 is 1. The van der Waals surface area contributed by atoms with E-state index in [1.54, 1.807) is 7.11 Å². The van der Waals surface area contributed by atoms with E-state index in [-0.39, 0.29) is 0 Å². The first-order valence-corrected chi connectivity index (χ1v) is 13.1. The Hall–Kier alpha value is -2.39. The van der Waals surface area contributed by atoms with E-state index >= 15 is 0 Å². The normalized spacial score (nSPS) is 17.8. The summed E-state index contributed by atoms with van der Waals surface area (Å²) in [4.78, 5) is 10.7. The molecule has 0 amide bonds. The molecule has 2 aliphatic rings. The van der Waals surface area contributed by atoms with Crippen molar-refractivity contribution in [2.75, 3.05) is 44.5 Å². The highest BCUT2D eigenvalue weighted by Crippen LogP contribution is 2.27. The number of aromatic nitrogens is 2. The van der Waals surface area contributed by atoms with Gasteiger partial charge in [-0.1, -0.05) is 6.07 Å². The van der Waals surface area contributed by atoms with Crippen LogP contribution in [0.5, 0.6) is 11.8 Å². The van der Waals surface area contributed by atoms with Crippen molar-refractivity contribution in [2.45, 2.75) is 38.6 Å². The first kappa shape index (κ1) is 22.8. The van der Waals surface area contributed by atoms with Crippen LogP contribution in [-0.2, 0) is 23.0 Å². The fraction of sp³-hybridized carbons (Fsp3) is 0.565. The first-order chi connectivity index (χ1) is 15.4. The number of nitrogens with zero attached hydrogens (tertiary/aromatic N) is 4. The number of hydrogen-bond acceptors (Lipinski definition) is 7. The number of rotatable bonds is 8. The first-order valence-electron chi connectivity index (χ1n) is 11.2. The smallest absolute Gasteiger partial charge is 0.316 e. The zero-order valence-corrected chi connectivity index (χ0v) is 19.7. The Kier molecular flexibility index (Phi) is 7.15. The summed E-state index contributed by atoms with van der Waals surface area (Å²) >= 11 is 0. The van der Waals surface area contributed by atoms with Gasteiger partial charge in [0.1, 0.15) is 5.75 Å². The molecule has 1 aromatic heterocycles. The third kappa shape index (κ3) is 5.69. The third-order valence-electron chi connectivity index (χ3n) is 6.43. The minimum atomic E-state index is -3.14. The summed E-state index contributed by atoms with van der Waals surface area (Å²) in [6, 6.07) is 6.43. The van der Waals surface area contributed by atoms with Crippen LogP contribution in [0.25, 0.3) is 0 Å². The molecule has 3 heterocycles. The Morgan fingerprint density at radius 2 is 1.84 bits per heavy atom. The van der Waals surface area contributed by atoms with Crippen molar-refractivity contribution in [2.24, 2.45) is 5.92 Å². The Labute approximate surface area is 190 Å². The van der Waals surface area contributed by atoms with Gasteiger partial charge in [0.15, 0.2) is 0 Å². The molecular formula is C23H32N4O4S. The van der Waals surface area contributed by atoms with E-state index in [1.165, 1.54) is 35.4 Å². The van der Waals surface area contributed by atoms with Gasteiger partial charge in [0.2, 0.25) is 10.0 Å². The molecule has 0 spiro atoms. The van der Waals surface area contributed by atoms with Gasteiger partial charge >= 0.3 is 6.01 Å². The summed E-state index contributed by atoms with van der Waals surface area (Å²) in [5.74, 6) is 1.60. The van der Waals surface area contributed by atoms with Gasteiger partial charge in [-0.2, -0.15) is 4.31 Å². The quantitative estimate of drug-likeness (QED) is 0.560. The molecule has 8 nitrogen and oxygen atoms in total. The molecule has 0 radical (unpaired) electrons. The predicted octanol–water partition coefficient (Wildman–Crippen LogP) is 2.88. The number of hydrogen-bond donors (Lipinski definition) is 0. The van der Waals surface area contributed by atoms with Crippen LogP contribution in [-0.4, -0.2) is 62.3 Å². The predicted molar refractivity (Wildman–Crippen MR) is 124 cm³/mol. The molecule has 32 heavy (non-hydrogen) atoms. The fourth-order valence-electron chi connectivity index (χ4n) is 4.50. The SMILES string of the molecule is COc1ncc(N2CCC(CCCOc3ccc4c(c3)CCN(S(C)(=O)=O)C4)CC2)cn1. The average Bonchev–Trinajstić information content (AvgIpc) is 2.81. The second-order valence-corrected chi connectivity index (χ2v) is 10.6. The molecule has 9 heteroatoms. The maximum Gasteiger partial charge on any atom is 0.316 e. The minimum Gasteiger partial charge on any atom is -0.494 e. The lowest BCUT2D eigenvalue weighted by atomic mass is 9.92. The van der Waals surface area contributed by atoms with Crippen LogP contribution in [0.15, 0.2) is 30.6 Å². The highest BCUT2D eigenvalue weighted by atomic mass is 32.2. The molecule has 0 saturated carbocycles. The minimum absolute atomic E-state index is 0.401. The van der Waals surface area contributed by atoms with Gasteiger partial charge in [0.05, 0.1) is 38.1 Å². The van der Waals surface area contributed by atoms with Crippen LogP contribution in [0.2, 0.25) is 0 Å². The van der Waals surface area contributed by atoms with Crippen molar-refractivity contribution in [3.8, 4) is 11.8 Å². The summed E-state index contributed by atoms with van der Waals surface area (Å²) in [6.07, 6.45) is 10.2. The van der Waals surface area contributed by atoms with Crippen molar-refractivity contribution >= 4 is 15.7 Å². The van der Waals surface area contributed by atoms with Gasteiger partial charge in [0, 0.05) is 26.2 Å². The molecular weight excluding hydrogens is 428 g/mol. The number of ether oxygens (including phenoxy) is 2. The molecule has 0 unspecified atom stereocenters.